The maximum Gasteiger partial charge on any atom is 0.303 e. The van der Waals surface area contributed by atoms with E-state index in [4.69, 9.17) is 14.5 Å². The van der Waals surface area contributed by atoms with Crippen LogP contribution in [0.25, 0.3) is 33.3 Å². The SMILES string of the molecule is CCN(CC)c1ccc2nc3c4ccc(S(=O)(=O)O)cc4c(=NCCCCCC(=O)O)cc-3oc2c1. The zero-order valence-corrected chi connectivity index (χ0v) is 21.1. The van der Waals surface area contributed by atoms with E-state index < -0.39 is 16.1 Å². The molecule has 0 unspecified atom stereocenters. The Bertz CT molecular complexity index is 1560. The summed E-state index contributed by atoms with van der Waals surface area (Å²) in [5, 5.41) is 10.5. The number of anilines is 1. The molecule has 0 fully saturated rings. The Morgan fingerprint density at radius 2 is 1.81 bits per heavy atom. The van der Waals surface area contributed by atoms with Crippen molar-refractivity contribution in [2.75, 3.05) is 24.5 Å². The molecule has 36 heavy (non-hydrogen) atoms. The molecule has 1 heterocycles. The average molecular weight is 512 g/mol. The number of carboxylic acid groups (broad SMARTS) is 1. The van der Waals surface area contributed by atoms with Crippen LogP contribution in [0.5, 0.6) is 0 Å². The molecule has 0 aromatic heterocycles. The first-order chi connectivity index (χ1) is 17.2. The number of aromatic nitrogens is 1. The number of fused-ring (bicyclic) bond motifs is 4. The van der Waals surface area contributed by atoms with Crippen LogP contribution in [0.1, 0.15) is 39.5 Å². The van der Waals surface area contributed by atoms with Crippen LogP contribution in [0.4, 0.5) is 5.69 Å². The van der Waals surface area contributed by atoms with Gasteiger partial charge in [-0.1, -0.05) is 12.5 Å². The van der Waals surface area contributed by atoms with Gasteiger partial charge in [-0.2, -0.15) is 8.42 Å². The molecule has 2 aromatic carbocycles. The molecule has 0 amide bonds. The van der Waals surface area contributed by atoms with Gasteiger partial charge in [0, 0.05) is 54.6 Å². The lowest BCUT2D eigenvalue weighted by Crippen LogP contribution is -2.21. The quantitative estimate of drug-likeness (QED) is 0.135. The summed E-state index contributed by atoms with van der Waals surface area (Å²) in [6.07, 6.45) is 2.08. The number of benzene rings is 3. The van der Waals surface area contributed by atoms with Crippen molar-refractivity contribution >= 4 is 43.6 Å². The number of hydrogen-bond acceptors (Lipinski definition) is 7. The largest absolute Gasteiger partial charge is 0.481 e. The Hall–Kier alpha value is -3.50. The van der Waals surface area contributed by atoms with E-state index in [2.05, 4.69) is 23.7 Å². The highest BCUT2D eigenvalue weighted by Crippen LogP contribution is 2.32. The van der Waals surface area contributed by atoms with Crippen molar-refractivity contribution in [3.63, 3.8) is 0 Å². The Morgan fingerprint density at radius 3 is 2.50 bits per heavy atom. The van der Waals surface area contributed by atoms with Crippen molar-refractivity contribution in [1.82, 2.24) is 4.98 Å². The van der Waals surface area contributed by atoms with Crippen LogP contribution in [0.3, 0.4) is 0 Å². The predicted molar refractivity (Wildman–Crippen MR) is 138 cm³/mol. The minimum atomic E-state index is -4.40. The number of nitrogens with zero attached hydrogens (tertiary/aromatic N) is 3. The summed E-state index contributed by atoms with van der Waals surface area (Å²) in [5.74, 6) is -0.313. The molecule has 0 spiro atoms. The van der Waals surface area contributed by atoms with Gasteiger partial charge < -0.3 is 14.4 Å². The van der Waals surface area contributed by atoms with Gasteiger partial charge in [-0.3, -0.25) is 14.3 Å². The van der Waals surface area contributed by atoms with Crippen molar-refractivity contribution in [3.8, 4) is 11.5 Å². The van der Waals surface area contributed by atoms with Crippen molar-refractivity contribution in [3.05, 3.63) is 47.8 Å². The van der Waals surface area contributed by atoms with E-state index >= 15 is 0 Å². The van der Waals surface area contributed by atoms with Gasteiger partial charge in [0.25, 0.3) is 10.1 Å². The van der Waals surface area contributed by atoms with Crippen LogP contribution in [0, 0.1) is 0 Å². The van der Waals surface area contributed by atoms with E-state index in [1.807, 2.05) is 18.2 Å². The fraction of sp³-hybridized carbons (Fsp3) is 0.346. The second kappa shape index (κ2) is 10.6. The summed E-state index contributed by atoms with van der Waals surface area (Å²) in [6.45, 7) is 6.33. The van der Waals surface area contributed by atoms with Crippen LogP contribution in [-0.4, -0.2) is 48.7 Å². The lowest BCUT2D eigenvalue weighted by Gasteiger charge is -2.21. The molecule has 0 saturated heterocycles. The van der Waals surface area contributed by atoms with E-state index in [0.29, 0.717) is 64.5 Å². The summed E-state index contributed by atoms with van der Waals surface area (Å²) in [7, 11) is -4.40. The Labute approximate surface area is 209 Å². The van der Waals surface area contributed by atoms with Crippen molar-refractivity contribution in [2.24, 2.45) is 4.99 Å². The van der Waals surface area contributed by atoms with Crippen LogP contribution in [0.2, 0.25) is 0 Å². The fourth-order valence-electron chi connectivity index (χ4n) is 4.29. The van der Waals surface area contributed by atoms with Gasteiger partial charge in [-0.05, 0) is 51.0 Å². The van der Waals surface area contributed by atoms with E-state index in [-0.39, 0.29) is 11.3 Å². The number of unbranched alkanes of at least 4 members (excludes halogenated alkanes) is 2. The fourth-order valence-corrected chi connectivity index (χ4v) is 4.80. The van der Waals surface area contributed by atoms with Gasteiger partial charge in [-0.25, -0.2) is 4.98 Å². The van der Waals surface area contributed by atoms with Gasteiger partial charge >= 0.3 is 5.97 Å². The molecule has 2 aliphatic rings. The van der Waals surface area contributed by atoms with Crippen LogP contribution >= 0.6 is 0 Å². The standard InChI is InChI=1S/C26H29N3O6S/c1-3-29(4-2)17-9-12-21-23(14-17)35-24-16-22(27-13-7-5-6-8-25(30)31)20-15-18(36(32,33)34)10-11-19(20)26(24)28-21/h9-12,14-16H,3-8,13H2,1-2H3,(H,30,31)(H,32,33,34). The number of carboxylic acids is 1. The van der Waals surface area contributed by atoms with Crippen molar-refractivity contribution in [2.45, 2.75) is 44.4 Å². The number of rotatable bonds is 10. The van der Waals surface area contributed by atoms with E-state index in [1.54, 1.807) is 12.1 Å². The third-order valence-electron chi connectivity index (χ3n) is 6.18. The molecular weight excluding hydrogens is 482 g/mol. The number of hydrogen-bond donors (Lipinski definition) is 2. The second-order valence-electron chi connectivity index (χ2n) is 8.55. The molecule has 0 bridgehead atoms. The minimum absolute atomic E-state index is 0.115. The van der Waals surface area contributed by atoms with E-state index in [0.717, 1.165) is 18.8 Å². The molecular formula is C26H29N3O6S. The third kappa shape index (κ3) is 5.50. The first-order valence-electron chi connectivity index (χ1n) is 12.0. The zero-order chi connectivity index (χ0) is 25.9. The Morgan fingerprint density at radius 1 is 1.03 bits per heavy atom. The third-order valence-corrected chi connectivity index (χ3v) is 7.03. The molecule has 0 atom stereocenters. The minimum Gasteiger partial charge on any atom is -0.481 e. The molecule has 1 aliphatic carbocycles. The van der Waals surface area contributed by atoms with Crippen molar-refractivity contribution in [1.29, 1.82) is 0 Å². The topological polar surface area (TPSA) is 133 Å². The Balaban J connectivity index is 1.85. The molecule has 2 N–H and O–H groups in total. The smallest absolute Gasteiger partial charge is 0.303 e. The lowest BCUT2D eigenvalue weighted by molar-refractivity contribution is -0.137. The maximum atomic E-state index is 11.8. The highest BCUT2D eigenvalue weighted by molar-refractivity contribution is 7.85. The first kappa shape index (κ1) is 25.6. The average Bonchev–Trinajstić information content (AvgIpc) is 2.84. The van der Waals surface area contributed by atoms with Crippen LogP contribution < -0.4 is 10.3 Å². The zero-order valence-electron chi connectivity index (χ0n) is 20.3. The molecule has 1 aliphatic heterocycles. The van der Waals surface area contributed by atoms with Gasteiger partial charge in [0.1, 0.15) is 11.2 Å². The molecule has 2 aromatic rings. The molecule has 4 rings (SSSR count). The molecule has 190 valence electrons. The normalized spacial score (nSPS) is 12.6. The van der Waals surface area contributed by atoms with E-state index in [9.17, 15) is 17.8 Å². The van der Waals surface area contributed by atoms with Crippen LogP contribution in [0.15, 0.2) is 56.8 Å². The van der Waals surface area contributed by atoms with Gasteiger partial charge in [0.15, 0.2) is 11.3 Å². The molecule has 9 nitrogen and oxygen atoms in total. The van der Waals surface area contributed by atoms with E-state index in [1.165, 1.54) is 12.1 Å². The maximum absolute atomic E-state index is 11.8. The molecule has 0 saturated carbocycles. The monoisotopic (exact) mass is 511 g/mol. The van der Waals surface area contributed by atoms with Crippen LogP contribution in [-0.2, 0) is 14.9 Å². The summed E-state index contributed by atoms with van der Waals surface area (Å²) in [6, 6.07) is 11.9. The van der Waals surface area contributed by atoms with Gasteiger partial charge in [0.05, 0.1) is 10.3 Å². The van der Waals surface area contributed by atoms with Gasteiger partial charge in [0.2, 0.25) is 0 Å². The predicted octanol–water partition coefficient (Wildman–Crippen LogP) is 4.72. The number of carbonyl (C=O) groups is 1. The number of aliphatic carboxylic acids is 1. The Kier molecular flexibility index (Phi) is 7.56. The highest BCUT2D eigenvalue weighted by atomic mass is 32.2. The molecule has 10 heteroatoms. The lowest BCUT2D eigenvalue weighted by atomic mass is 10.0. The van der Waals surface area contributed by atoms with Crippen molar-refractivity contribution < 1.29 is 27.3 Å². The second-order valence-corrected chi connectivity index (χ2v) is 9.97. The summed E-state index contributed by atoms with van der Waals surface area (Å²) >= 11 is 0. The summed E-state index contributed by atoms with van der Waals surface area (Å²) in [5.41, 5.74) is 2.89. The highest BCUT2D eigenvalue weighted by Gasteiger charge is 2.18. The van der Waals surface area contributed by atoms with Gasteiger partial charge in [-0.15, -0.1) is 0 Å². The summed E-state index contributed by atoms with van der Waals surface area (Å²) in [4.78, 5) is 22.2. The molecule has 0 radical (unpaired) electrons. The first-order valence-corrected chi connectivity index (χ1v) is 13.4. The summed E-state index contributed by atoms with van der Waals surface area (Å²) < 4.78 is 39.4.